The van der Waals surface area contributed by atoms with Crippen LogP contribution in [0.5, 0.6) is 5.75 Å². The molecule has 0 amide bonds. The third kappa shape index (κ3) is 5.01. The number of rotatable bonds is 8. The molecule has 0 aliphatic rings. The monoisotopic (exact) mass is 469 g/mol. The number of nitrogens with zero attached hydrogens (tertiary/aromatic N) is 3. The van der Waals surface area contributed by atoms with Crippen LogP contribution in [0.2, 0.25) is 0 Å². The highest BCUT2D eigenvalue weighted by Crippen LogP contribution is 2.17. The van der Waals surface area contributed by atoms with Crippen molar-refractivity contribution in [3.63, 3.8) is 0 Å². The van der Waals surface area contributed by atoms with Crippen LogP contribution in [0.1, 0.15) is 28.6 Å². The van der Waals surface area contributed by atoms with Gasteiger partial charge < -0.3 is 18.5 Å². The summed E-state index contributed by atoms with van der Waals surface area (Å²) in [5, 5.41) is 6.47. The number of hydrogen-bond donors (Lipinski definition) is 0. The van der Waals surface area contributed by atoms with Crippen LogP contribution in [-0.4, -0.2) is 26.9 Å². The van der Waals surface area contributed by atoms with Crippen molar-refractivity contribution in [1.29, 1.82) is 0 Å². The van der Waals surface area contributed by atoms with Gasteiger partial charge in [0.1, 0.15) is 18.6 Å². The Bertz CT molecular complexity index is 1500. The van der Waals surface area contributed by atoms with Crippen LogP contribution in [0.3, 0.4) is 0 Å². The second kappa shape index (κ2) is 9.72. The van der Waals surface area contributed by atoms with Crippen molar-refractivity contribution in [2.75, 3.05) is 6.61 Å². The van der Waals surface area contributed by atoms with E-state index in [9.17, 15) is 9.59 Å². The number of hydrogen-bond acceptors (Lipinski definition) is 6. The van der Waals surface area contributed by atoms with Gasteiger partial charge in [0.05, 0.1) is 30.6 Å². The van der Waals surface area contributed by atoms with Crippen molar-refractivity contribution < 1.29 is 18.7 Å². The van der Waals surface area contributed by atoms with E-state index in [0.29, 0.717) is 24.5 Å². The molecule has 8 nitrogen and oxygen atoms in total. The summed E-state index contributed by atoms with van der Waals surface area (Å²) in [4.78, 5) is 24.3. The summed E-state index contributed by atoms with van der Waals surface area (Å²) >= 11 is 0. The fourth-order valence-electron chi connectivity index (χ4n) is 3.73. The number of fused-ring (bicyclic) bond motifs is 1. The van der Waals surface area contributed by atoms with Crippen LogP contribution in [0.15, 0.2) is 94.9 Å². The molecule has 0 saturated carbocycles. The van der Waals surface area contributed by atoms with E-state index in [1.165, 1.54) is 18.5 Å². The molecule has 35 heavy (non-hydrogen) atoms. The minimum Gasteiger partial charge on any atom is -0.482 e. The average molecular weight is 469 g/mol. The van der Waals surface area contributed by atoms with Gasteiger partial charge in [-0.3, -0.25) is 4.79 Å². The summed E-state index contributed by atoms with van der Waals surface area (Å²) in [5.41, 5.74) is 1.81. The van der Waals surface area contributed by atoms with Crippen LogP contribution in [0, 0.1) is 0 Å². The molecule has 5 aromatic rings. The predicted octanol–water partition coefficient (Wildman–Crippen LogP) is 4.58. The quantitative estimate of drug-likeness (QED) is 0.309. The highest BCUT2D eigenvalue weighted by Gasteiger charge is 2.11. The van der Waals surface area contributed by atoms with Crippen LogP contribution < -0.4 is 10.2 Å². The maximum absolute atomic E-state index is 12.5. The Balaban J connectivity index is 1.21. The molecule has 0 radical (unpaired) electrons. The van der Waals surface area contributed by atoms with E-state index < -0.39 is 5.97 Å². The lowest BCUT2D eigenvalue weighted by Gasteiger charge is -2.08. The van der Waals surface area contributed by atoms with Gasteiger partial charge in [0, 0.05) is 24.7 Å². The topological polar surface area (TPSA) is 88.5 Å². The van der Waals surface area contributed by atoms with Crippen molar-refractivity contribution in [3.8, 4) is 11.4 Å². The molecule has 0 N–H and O–H groups in total. The molecular formula is C27H23N3O5. The Morgan fingerprint density at radius 2 is 1.77 bits per heavy atom. The van der Waals surface area contributed by atoms with Crippen molar-refractivity contribution in [3.05, 3.63) is 113 Å². The number of aromatic nitrogens is 3. The van der Waals surface area contributed by atoms with Crippen LogP contribution in [0.4, 0.5) is 0 Å². The maximum Gasteiger partial charge on any atom is 0.341 e. The lowest BCUT2D eigenvalue weighted by molar-refractivity contribution is 0.0526. The van der Waals surface area contributed by atoms with Crippen molar-refractivity contribution in [2.45, 2.75) is 20.1 Å². The molecule has 5 rings (SSSR count). The largest absolute Gasteiger partial charge is 0.482 e. The van der Waals surface area contributed by atoms with E-state index >= 15 is 0 Å². The van der Waals surface area contributed by atoms with Gasteiger partial charge in [0.2, 0.25) is 11.2 Å². The second-order valence-electron chi connectivity index (χ2n) is 7.98. The molecule has 0 atom stereocenters. The molecule has 3 aromatic heterocycles. The fourth-order valence-corrected chi connectivity index (χ4v) is 3.73. The molecule has 176 valence electrons. The standard InChI is InChI=1S/C27H23N3O5/c1-2-33-27(32)22-12-28-30(15-22)23-9-7-19(8-10-23)17-35-26-18-34-24(11-25(26)31)16-29-13-20-5-3-4-6-21(20)14-29/h3-15,18H,2,16-17H2,1H3. The molecule has 0 bridgehead atoms. The van der Waals surface area contributed by atoms with E-state index in [4.69, 9.17) is 13.9 Å². The summed E-state index contributed by atoms with van der Waals surface area (Å²) in [6.07, 6.45) is 8.48. The van der Waals surface area contributed by atoms with Crippen LogP contribution in [-0.2, 0) is 17.9 Å². The molecule has 8 heteroatoms. The third-order valence-corrected chi connectivity index (χ3v) is 5.49. The van der Waals surface area contributed by atoms with Gasteiger partial charge in [0.25, 0.3) is 0 Å². The molecule has 0 unspecified atom stereocenters. The number of carbonyl (C=O) groups is 1. The number of esters is 1. The Kier molecular flexibility index (Phi) is 6.17. The molecule has 0 fully saturated rings. The summed E-state index contributed by atoms with van der Waals surface area (Å²) < 4.78 is 19.9. The highest BCUT2D eigenvalue weighted by atomic mass is 16.5. The molecule has 0 saturated heterocycles. The van der Waals surface area contributed by atoms with Crippen molar-refractivity contribution >= 4 is 16.7 Å². The highest BCUT2D eigenvalue weighted by molar-refractivity contribution is 5.88. The SMILES string of the molecule is CCOC(=O)c1cnn(-c2ccc(COc3coc(Cn4cc5ccccc5c4)cc3=O)cc2)c1. The van der Waals surface area contributed by atoms with E-state index in [2.05, 4.69) is 5.10 Å². The Morgan fingerprint density at radius 3 is 2.46 bits per heavy atom. The van der Waals surface area contributed by atoms with Gasteiger partial charge >= 0.3 is 5.97 Å². The number of ether oxygens (including phenoxy) is 2. The fraction of sp³-hybridized carbons (Fsp3) is 0.148. The first-order chi connectivity index (χ1) is 17.1. The van der Waals surface area contributed by atoms with E-state index in [1.54, 1.807) is 17.8 Å². The molecule has 0 aliphatic carbocycles. The third-order valence-electron chi connectivity index (χ3n) is 5.49. The number of carbonyl (C=O) groups excluding carboxylic acids is 1. The molecule has 0 spiro atoms. The maximum atomic E-state index is 12.5. The average Bonchev–Trinajstić information content (AvgIpc) is 3.51. The van der Waals surface area contributed by atoms with Gasteiger partial charge in [-0.05, 0) is 35.4 Å². The zero-order valence-corrected chi connectivity index (χ0v) is 19.1. The van der Waals surface area contributed by atoms with Gasteiger partial charge in [-0.25, -0.2) is 9.48 Å². The summed E-state index contributed by atoms with van der Waals surface area (Å²) in [5.74, 6) is 0.297. The molecular weight excluding hydrogens is 446 g/mol. The Hall–Kier alpha value is -4.59. The van der Waals surface area contributed by atoms with Gasteiger partial charge in [-0.2, -0.15) is 5.10 Å². The zero-order chi connectivity index (χ0) is 24.2. The predicted molar refractivity (Wildman–Crippen MR) is 130 cm³/mol. The van der Waals surface area contributed by atoms with Crippen molar-refractivity contribution in [1.82, 2.24) is 14.3 Å². The van der Waals surface area contributed by atoms with E-state index in [0.717, 1.165) is 22.0 Å². The summed E-state index contributed by atoms with van der Waals surface area (Å²) in [6, 6.07) is 17.0. The molecule has 0 aliphatic heterocycles. The zero-order valence-electron chi connectivity index (χ0n) is 19.1. The first kappa shape index (κ1) is 22.2. The lowest BCUT2D eigenvalue weighted by atomic mass is 10.2. The Morgan fingerprint density at radius 1 is 1.03 bits per heavy atom. The van der Waals surface area contributed by atoms with Crippen molar-refractivity contribution in [2.24, 2.45) is 0 Å². The first-order valence-electron chi connectivity index (χ1n) is 11.2. The van der Waals surface area contributed by atoms with Gasteiger partial charge in [-0.1, -0.05) is 36.4 Å². The van der Waals surface area contributed by atoms with Crippen LogP contribution in [0.25, 0.3) is 16.5 Å². The second-order valence-corrected chi connectivity index (χ2v) is 7.98. The van der Waals surface area contributed by atoms with Gasteiger partial charge in [-0.15, -0.1) is 0 Å². The normalized spacial score (nSPS) is 11.0. The molecule has 2 aromatic carbocycles. The van der Waals surface area contributed by atoms with E-state index in [1.807, 2.05) is 65.5 Å². The lowest BCUT2D eigenvalue weighted by Crippen LogP contribution is -2.09. The Labute approximate surface area is 200 Å². The summed E-state index contributed by atoms with van der Waals surface area (Å²) in [7, 11) is 0. The smallest absolute Gasteiger partial charge is 0.341 e. The minimum atomic E-state index is -0.407. The van der Waals surface area contributed by atoms with E-state index in [-0.39, 0.29) is 17.8 Å². The molecule has 3 heterocycles. The summed E-state index contributed by atoms with van der Waals surface area (Å²) in [6.45, 7) is 2.73. The first-order valence-corrected chi connectivity index (χ1v) is 11.2. The van der Waals surface area contributed by atoms with Gasteiger partial charge in [0.15, 0.2) is 0 Å². The van der Waals surface area contributed by atoms with Crippen LogP contribution >= 0.6 is 0 Å². The number of benzene rings is 2. The minimum absolute atomic E-state index is 0.154.